The van der Waals surface area contributed by atoms with Gasteiger partial charge in [-0.15, -0.1) is 0 Å². The third-order valence-electron chi connectivity index (χ3n) is 6.38. The Morgan fingerprint density at radius 2 is 1.57 bits per heavy atom. The molecule has 0 bridgehead atoms. The molecule has 1 atom stereocenters. The summed E-state index contributed by atoms with van der Waals surface area (Å²) in [6.45, 7) is 5.64. The van der Waals surface area contributed by atoms with E-state index in [0.717, 1.165) is 16.1 Å². The topological polar surface area (TPSA) is 86.8 Å². The fourth-order valence-corrected chi connectivity index (χ4v) is 5.55. The first-order valence-corrected chi connectivity index (χ1v) is 15.6. The van der Waals surface area contributed by atoms with Crippen LogP contribution in [0.1, 0.15) is 30.5 Å². The summed E-state index contributed by atoms with van der Waals surface area (Å²) < 4.78 is 26.9. The highest BCUT2D eigenvalue weighted by Gasteiger charge is 2.33. The second-order valence-corrected chi connectivity index (χ2v) is 12.9. The molecule has 0 aliphatic rings. The van der Waals surface area contributed by atoms with Crippen molar-refractivity contribution < 1.29 is 18.0 Å². The Hall–Kier alpha value is -3.07. The number of halogens is 2. The van der Waals surface area contributed by atoms with Crippen LogP contribution in [0, 0.1) is 12.8 Å². The van der Waals surface area contributed by atoms with Crippen molar-refractivity contribution in [1.29, 1.82) is 0 Å². The van der Waals surface area contributed by atoms with Crippen molar-refractivity contribution in [3.63, 3.8) is 0 Å². The summed E-state index contributed by atoms with van der Waals surface area (Å²) in [6, 6.07) is 20.4. The molecule has 214 valence electrons. The van der Waals surface area contributed by atoms with Gasteiger partial charge in [0.05, 0.1) is 11.9 Å². The van der Waals surface area contributed by atoms with Crippen LogP contribution in [0.25, 0.3) is 0 Å². The van der Waals surface area contributed by atoms with Crippen molar-refractivity contribution in [2.45, 2.75) is 39.8 Å². The highest BCUT2D eigenvalue weighted by molar-refractivity contribution is 7.92. The zero-order valence-electron chi connectivity index (χ0n) is 23.1. The van der Waals surface area contributed by atoms with Crippen LogP contribution < -0.4 is 9.62 Å². The van der Waals surface area contributed by atoms with E-state index in [-0.39, 0.29) is 24.8 Å². The Bertz CT molecular complexity index is 1430. The number of nitrogens with one attached hydrogen (secondary N) is 1. The lowest BCUT2D eigenvalue weighted by Crippen LogP contribution is -2.53. The molecule has 3 rings (SSSR count). The summed E-state index contributed by atoms with van der Waals surface area (Å²) in [5.41, 5.74) is 2.40. The Morgan fingerprint density at radius 1 is 0.925 bits per heavy atom. The molecule has 0 saturated heterocycles. The summed E-state index contributed by atoms with van der Waals surface area (Å²) in [7, 11) is -3.89. The van der Waals surface area contributed by atoms with Gasteiger partial charge >= 0.3 is 0 Å². The van der Waals surface area contributed by atoms with E-state index >= 15 is 0 Å². The van der Waals surface area contributed by atoms with Crippen LogP contribution in [0.3, 0.4) is 0 Å². The molecule has 1 N–H and O–H groups in total. The second-order valence-electron chi connectivity index (χ2n) is 10.1. The summed E-state index contributed by atoms with van der Waals surface area (Å²) in [5.74, 6) is -0.659. The average molecular weight is 605 g/mol. The number of carbonyl (C=O) groups is 2. The van der Waals surface area contributed by atoms with E-state index in [4.69, 9.17) is 23.2 Å². The maximum Gasteiger partial charge on any atom is 0.244 e. The fourth-order valence-electron chi connectivity index (χ4n) is 4.27. The highest BCUT2D eigenvalue weighted by atomic mass is 35.5. The van der Waals surface area contributed by atoms with Crippen molar-refractivity contribution >= 4 is 50.7 Å². The number of anilines is 1. The predicted molar refractivity (Wildman–Crippen MR) is 162 cm³/mol. The normalized spacial score (nSPS) is 12.2. The molecule has 0 saturated carbocycles. The fraction of sp³-hybridized carbons (Fsp3) is 0.333. The molecule has 1 unspecified atom stereocenters. The van der Waals surface area contributed by atoms with Gasteiger partial charge in [-0.05, 0) is 53.8 Å². The molecule has 0 heterocycles. The first kappa shape index (κ1) is 31.5. The van der Waals surface area contributed by atoms with E-state index in [9.17, 15) is 18.0 Å². The molecule has 3 aromatic rings. The first-order chi connectivity index (χ1) is 18.9. The molecule has 0 aliphatic carbocycles. The molecule has 3 aromatic carbocycles. The molecule has 0 spiro atoms. The Kier molecular flexibility index (Phi) is 11.0. The van der Waals surface area contributed by atoms with E-state index in [2.05, 4.69) is 5.32 Å². The second kappa shape index (κ2) is 14.0. The predicted octanol–water partition coefficient (Wildman–Crippen LogP) is 5.48. The lowest BCUT2D eigenvalue weighted by Gasteiger charge is -2.34. The SMILES string of the molecule is Cc1c(Cl)cccc1N(CC(=O)N(Cc1cccc(Cl)c1)C(Cc1ccccc1)C(=O)NCC(C)C)S(C)(=O)=O. The Labute approximate surface area is 247 Å². The van der Waals surface area contributed by atoms with Crippen LogP contribution in [0.2, 0.25) is 10.0 Å². The van der Waals surface area contributed by atoms with Gasteiger partial charge in [-0.3, -0.25) is 13.9 Å². The van der Waals surface area contributed by atoms with E-state index in [0.29, 0.717) is 33.4 Å². The molecule has 7 nitrogen and oxygen atoms in total. The van der Waals surface area contributed by atoms with Gasteiger partial charge < -0.3 is 10.2 Å². The Morgan fingerprint density at radius 3 is 2.20 bits per heavy atom. The van der Waals surface area contributed by atoms with E-state index in [1.807, 2.05) is 50.2 Å². The van der Waals surface area contributed by atoms with Crippen LogP contribution in [0.15, 0.2) is 72.8 Å². The number of hydrogen-bond acceptors (Lipinski definition) is 4. The third-order valence-corrected chi connectivity index (χ3v) is 8.16. The molecular weight excluding hydrogens is 569 g/mol. The summed E-state index contributed by atoms with van der Waals surface area (Å²) in [6.07, 6.45) is 1.28. The minimum atomic E-state index is -3.89. The van der Waals surface area contributed by atoms with Gasteiger partial charge in [0.2, 0.25) is 21.8 Å². The molecule has 0 radical (unpaired) electrons. The average Bonchev–Trinajstić information content (AvgIpc) is 2.89. The smallest absolute Gasteiger partial charge is 0.244 e. The van der Waals surface area contributed by atoms with Crippen LogP contribution >= 0.6 is 23.2 Å². The van der Waals surface area contributed by atoms with Gasteiger partial charge in [0.25, 0.3) is 0 Å². The lowest BCUT2D eigenvalue weighted by atomic mass is 10.0. The number of benzene rings is 3. The number of nitrogens with zero attached hydrogens (tertiary/aromatic N) is 2. The number of rotatable bonds is 12. The number of hydrogen-bond donors (Lipinski definition) is 1. The van der Waals surface area contributed by atoms with E-state index in [1.165, 1.54) is 4.90 Å². The van der Waals surface area contributed by atoms with Crippen LogP contribution in [0.5, 0.6) is 0 Å². The molecule has 10 heteroatoms. The largest absolute Gasteiger partial charge is 0.354 e. The van der Waals surface area contributed by atoms with Gasteiger partial charge in [-0.2, -0.15) is 0 Å². The third kappa shape index (κ3) is 8.71. The zero-order chi connectivity index (χ0) is 29.4. The molecule has 2 amide bonds. The standard InChI is InChI=1S/C30H35Cl2N3O4S/c1-21(2)18-33-30(37)28(17-23-10-6-5-7-11-23)34(19-24-12-8-13-25(31)16-24)29(36)20-35(40(4,38)39)27-15-9-14-26(32)22(27)3/h5-16,21,28H,17-20H2,1-4H3,(H,33,37). The van der Waals surface area contributed by atoms with Crippen molar-refractivity contribution in [2.24, 2.45) is 5.92 Å². The summed E-state index contributed by atoms with van der Waals surface area (Å²) in [5, 5.41) is 3.82. The number of sulfonamides is 1. The van der Waals surface area contributed by atoms with Crippen LogP contribution in [0.4, 0.5) is 5.69 Å². The number of carbonyl (C=O) groups excluding carboxylic acids is 2. The minimum absolute atomic E-state index is 0.0537. The van der Waals surface area contributed by atoms with Crippen molar-refractivity contribution in [3.8, 4) is 0 Å². The van der Waals surface area contributed by atoms with Gasteiger partial charge in [0, 0.05) is 29.6 Å². The van der Waals surface area contributed by atoms with E-state index < -0.39 is 28.5 Å². The lowest BCUT2D eigenvalue weighted by molar-refractivity contribution is -0.140. The monoisotopic (exact) mass is 603 g/mol. The van der Waals surface area contributed by atoms with Crippen molar-refractivity contribution in [2.75, 3.05) is 23.7 Å². The maximum absolute atomic E-state index is 14.1. The molecule has 0 aliphatic heterocycles. The van der Waals surface area contributed by atoms with Gasteiger partial charge in [-0.25, -0.2) is 8.42 Å². The Balaban J connectivity index is 2.07. The maximum atomic E-state index is 14.1. The minimum Gasteiger partial charge on any atom is -0.354 e. The van der Waals surface area contributed by atoms with Crippen molar-refractivity contribution in [3.05, 3.63) is 99.5 Å². The van der Waals surface area contributed by atoms with Crippen molar-refractivity contribution in [1.82, 2.24) is 10.2 Å². The molecule has 40 heavy (non-hydrogen) atoms. The quantitative estimate of drug-likeness (QED) is 0.297. The highest BCUT2D eigenvalue weighted by Crippen LogP contribution is 2.29. The summed E-state index contributed by atoms with van der Waals surface area (Å²) >= 11 is 12.5. The molecule has 0 fully saturated rings. The van der Waals surface area contributed by atoms with Gasteiger partial charge in [0.1, 0.15) is 12.6 Å². The van der Waals surface area contributed by atoms with Crippen LogP contribution in [-0.4, -0.2) is 50.5 Å². The van der Waals surface area contributed by atoms with E-state index in [1.54, 1.807) is 43.3 Å². The van der Waals surface area contributed by atoms with Gasteiger partial charge in [-0.1, -0.05) is 85.6 Å². The zero-order valence-corrected chi connectivity index (χ0v) is 25.4. The van der Waals surface area contributed by atoms with Crippen LogP contribution in [-0.2, 0) is 32.6 Å². The molecule has 0 aromatic heterocycles. The summed E-state index contributed by atoms with van der Waals surface area (Å²) in [4.78, 5) is 29.2. The molecular formula is C30H35Cl2N3O4S. The number of amides is 2. The van der Waals surface area contributed by atoms with Gasteiger partial charge in [0.15, 0.2) is 0 Å². The first-order valence-electron chi connectivity index (χ1n) is 12.9.